The first-order chi connectivity index (χ1) is 10.1. The molecule has 1 saturated heterocycles. The molecule has 0 aliphatic carbocycles. The van der Waals surface area contributed by atoms with Crippen LogP contribution in [0.15, 0.2) is 46.9 Å². The molecule has 3 nitrogen and oxygen atoms in total. The van der Waals surface area contributed by atoms with Gasteiger partial charge in [-0.1, -0.05) is 30.3 Å². The van der Waals surface area contributed by atoms with E-state index in [1.807, 2.05) is 6.92 Å². The Labute approximate surface area is 127 Å². The Bertz CT molecular complexity index is 578. The lowest BCUT2D eigenvalue weighted by Gasteiger charge is -2.42. The number of nitrogens with one attached hydrogen (secondary N) is 1. The molecule has 1 N–H and O–H groups in total. The monoisotopic (exact) mass is 284 g/mol. The van der Waals surface area contributed by atoms with Gasteiger partial charge >= 0.3 is 0 Å². The van der Waals surface area contributed by atoms with Crippen molar-refractivity contribution in [2.24, 2.45) is 0 Å². The molecule has 1 aromatic heterocycles. The molecule has 3 atom stereocenters. The van der Waals surface area contributed by atoms with Crippen molar-refractivity contribution >= 4 is 0 Å². The van der Waals surface area contributed by atoms with Crippen LogP contribution in [-0.4, -0.2) is 24.0 Å². The van der Waals surface area contributed by atoms with Gasteiger partial charge in [0.05, 0.1) is 6.04 Å². The van der Waals surface area contributed by atoms with Crippen LogP contribution in [0.4, 0.5) is 0 Å². The Morgan fingerprint density at radius 1 is 1.19 bits per heavy atom. The Balaban J connectivity index is 1.88. The van der Waals surface area contributed by atoms with Crippen molar-refractivity contribution in [3.05, 3.63) is 59.5 Å². The number of benzene rings is 1. The number of nitrogens with zero attached hydrogens (tertiary/aromatic N) is 1. The van der Waals surface area contributed by atoms with E-state index in [-0.39, 0.29) is 6.04 Å². The highest BCUT2D eigenvalue weighted by Gasteiger charge is 2.32. The Morgan fingerprint density at radius 3 is 2.62 bits per heavy atom. The number of rotatable bonds is 3. The summed E-state index contributed by atoms with van der Waals surface area (Å²) in [5.41, 5.74) is 1.37. The number of piperazine rings is 1. The summed E-state index contributed by atoms with van der Waals surface area (Å²) in [7, 11) is 0. The Hall–Kier alpha value is -1.58. The lowest BCUT2D eigenvalue weighted by Crippen LogP contribution is -2.51. The van der Waals surface area contributed by atoms with Gasteiger partial charge in [-0.3, -0.25) is 4.90 Å². The molecule has 3 unspecified atom stereocenters. The smallest absolute Gasteiger partial charge is 0.121 e. The fourth-order valence-electron chi connectivity index (χ4n) is 3.19. The van der Waals surface area contributed by atoms with E-state index in [1.165, 1.54) is 5.56 Å². The predicted molar refractivity (Wildman–Crippen MR) is 85.2 cm³/mol. The normalized spacial score (nSPS) is 24.9. The van der Waals surface area contributed by atoms with Gasteiger partial charge in [-0.25, -0.2) is 0 Å². The third kappa shape index (κ3) is 3.04. The van der Waals surface area contributed by atoms with E-state index in [4.69, 9.17) is 4.42 Å². The van der Waals surface area contributed by atoms with E-state index in [0.717, 1.165) is 24.6 Å². The van der Waals surface area contributed by atoms with Crippen molar-refractivity contribution in [1.29, 1.82) is 0 Å². The van der Waals surface area contributed by atoms with Crippen molar-refractivity contribution in [1.82, 2.24) is 10.2 Å². The third-order valence-electron chi connectivity index (χ3n) is 4.40. The molecule has 112 valence electrons. The molecule has 2 aromatic rings. The van der Waals surface area contributed by atoms with Crippen LogP contribution in [0.25, 0.3) is 0 Å². The summed E-state index contributed by atoms with van der Waals surface area (Å²) < 4.78 is 5.86. The maximum absolute atomic E-state index is 5.86. The molecular weight excluding hydrogens is 260 g/mol. The minimum absolute atomic E-state index is 0.286. The second-order valence-electron chi connectivity index (χ2n) is 6.06. The van der Waals surface area contributed by atoms with Gasteiger partial charge < -0.3 is 9.73 Å². The first-order valence-electron chi connectivity index (χ1n) is 7.75. The molecule has 1 fully saturated rings. The zero-order valence-corrected chi connectivity index (χ0v) is 13.0. The number of hydrogen-bond acceptors (Lipinski definition) is 3. The zero-order chi connectivity index (χ0) is 14.8. The number of hydrogen-bond donors (Lipinski definition) is 1. The summed E-state index contributed by atoms with van der Waals surface area (Å²) in [6.45, 7) is 8.50. The van der Waals surface area contributed by atoms with Gasteiger partial charge in [0.1, 0.15) is 11.5 Å². The molecular formula is C18H24N2O. The first-order valence-corrected chi connectivity index (χ1v) is 7.75. The summed E-state index contributed by atoms with van der Waals surface area (Å²) in [5, 5.41) is 3.60. The Morgan fingerprint density at radius 2 is 1.95 bits per heavy atom. The summed E-state index contributed by atoms with van der Waals surface area (Å²) in [6.07, 6.45) is 0. The van der Waals surface area contributed by atoms with Crippen molar-refractivity contribution < 1.29 is 4.42 Å². The highest BCUT2D eigenvalue weighted by Crippen LogP contribution is 2.33. The van der Waals surface area contributed by atoms with Gasteiger partial charge in [-0.05, 0) is 38.5 Å². The van der Waals surface area contributed by atoms with Gasteiger partial charge in [-0.2, -0.15) is 0 Å². The standard InChI is InChI=1S/C18H24N2O/c1-13-12-20(15(3)18-10-9-14(2)21-18)17(11-19-13)16-7-5-4-6-8-16/h4-10,13,15,17,19H,11-12H2,1-3H3. The summed E-state index contributed by atoms with van der Waals surface area (Å²) in [4.78, 5) is 2.55. The maximum atomic E-state index is 5.86. The van der Waals surface area contributed by atoms with Crippen LogP contribution in [-0.2, 0) is 0 Å². The van der Waals surface area contributed by atoms with Crippen molar-refractivity contribution in [3.63, 3.8) is 0 Å². The second kappa shape index (κ2) is 6.04. The Kier molecular flexibility index (Phi) is 4.13. The largest absolute Gasteiger partial charge is 0.465 e. The van der Waals surface area contributed by atoms with Crippen LogP contribution in [0.1, 0.15) is 43.0 Å². The molecule has 0 spiro atoms. The molecule has 21 heavy (non-hydrogen) atoms. The fraction of sp³-hybridized carbons (Fsp3) is 0.444. The minimum Gasteiger partial charge on any atom is -0.465 e. The van der Waals surface area contributed by atoms with E-state index >= 15 is 0 Å². The molecule has 3 rings (SSSR count). The quantitative estimate of drug-likeness (QED) is 0.932. The summed E-state index contributed by atoms with van der Waals surface area (Å²) >= 11 is 0. The van der Waals surface area contributed by atoms with Crippen molar-refractivity contribution in [2.75, 3.05) is 13.1 Å². The van der Waals surface area contributed by atoms with E-state index in [9.17, 15) is 0 Å². The lowest BCUT2D eigenvalue weighted by molar-refractivity contribution is 0.0815. The molecule has 1 aliphatic heterocycles. The van der Waals surface area contributed by atoms with Gasteiger partial charge in [0.15, 0.2) is 0 Å². The molecule has 0 bridgehead atoms. The van der Waals surface area contributed by atoms with Gasteiger partial charge in [0, 0.05) is 25.2 Å². The van der Waals surface area contributed by atoms with E-state index in [2.05, 4.69) is 66.5 Å². The third-order valence-corrected chi connectivity index (χ3v) is 4.40. The highest BCUT2D eigenvalue weighted by molar-refractivity contribution is 5.21. The molecule has 1 aliphatic rings. The van der Waals surface area contributed by atoms with Crippen molar-refractivity contribution in [2.45, 2.75) is 38.9 Å². The van der Waals surface area contributed by atoms with E-state index in [0.29, 0.717) is 12.1 Å². The molecule has 0 radical (unpaired) electrons. The average molecular weight is 284 g/mol. The summed E-state index contributed by atoms with van der Waals surface area (Å²) in [5.74, 6) is 2.04. The fourth-order valence-corrected chi connectivity index (χ4v) is 3.19. The van der Waals surface area contributed by atoms with Crippen LogP contribution in [0.2, 0.25) is 0 Å². The van der Waals surface area contributed by atoms with Gasteiger partial charge in [0.2, 0.25) is 0 Å². The minimum atomic E-state index is 0.286. The predicted octanol–water partition coefficient (Wildman–Crippen LogP) is 3.68. The van der Waals surface area contributed by atoms with Crippen LogP contribution in [0, 0.1) is 6.92 Å². The average Bonchev–Trinajstić information content (AvgIpc) is 2.94. The van der Waals surface area contributed by atoms with Crippen LogP contribution in [0.3, 0.4) is 0 Å². The van der Waals surface area contributed by atoms with Crippen LogP contribution >= 0.6 is 0 Å². The lowest BCUT2D eigenvalue weighted by atomic mass is 9.99. The number of furan rings is 1. The molecule has 0 saturated carbocycles. The molecule has 1 aromatic carbocycles. The maximum Gasteiger partial charge on any atom is 0.121 e. The molecule has 0 amide bonds. The number of aryl methyl sites for hydroxylation is 1. The van der Waals surface area contributed by atoms with Gasteiger partial charge in [-0.15, -0.1) is 0 Å². The van der Waals surface area contributed by atoms with E-state index in [1.54, 1.807) is 0 Å². The molecule has 3 heteroatoms. The van der Waals surface area contributed by atoms with Crippen LogP contribution in [0.5, 0.6) is 0 Å². The van der Waals surface area contributed by atoms with E-state index < -0.39 is 0 Å². The summed E-state index contributed by atoms with van der Waals surface area (Å²) in [6, 6.07) is 16.1. The van der Waals surface area contributed by atoms with Gasteiger partial charge in [0.25, 0.3) is 0 Å². The van der Waals surface area contributed by atoms with Crippen LogP contribution < -0.4 is 5.32 Å². The SMILES string of the molecule is Cc1ccc(C(C)N2CC(C)NCC2c2ccccc2)o1. The molecule has 2 heterocycles. The van der Waals surface area contributed by atoms with Crippen molar-refractivity contribution in [3.8, 4) is 0 Å². The topological polar surface area (TPSA) is 28.4 Å². The second-order valence-corrected chi connectivity index (χ2v) is 6.06. The first kappa shape index (κ1) is 14.4. The highest BCUT2D eigenvalue weighted by atomic mass is 16.3. The zero-order valence-electron chi connectivity index (χ0n) is 13.0.